The largest absolute Gasteiger partial charge is 0.573 e. The van der Waals surface area contributed by atoms with Gasteiger partial charge in [-0.2, -0.15) is 0 Å². The lowest BCUT2D eigenvalue weighted by atomic mass is 10.0. The van der Waals surface area contributed by atoms with Crippen LogP contribution >= 0.6 is 11.8 Å². The Labute approximate surface area is 175 Å². The predicted octanol–water partition coefficient (Wildman–Crippen LogP) is 7.11. The fourth-order valence-electron chi connectivity index (χ4n) is 3.83. The van der Waals surface area contributed by atoms with Crippen LogP contribution < -0.4 is 4.74 Å². The summed E-state index contributed by atoms with van der Waals surface area (Å²) in [4.78, 5) is 5.73. The first-order chi connectivity index (χ1) is 14.5. The zero-order valence-electron chi connectivity index (χ0n) is 15.7. The summed E-state index contributed by atoms with van der Waals surface area (Å²) in [5.41, 5.74) is 3.70. The van der Waals surface area contributed by atoms with Gasteiger partial charge in [0, 0.05) is 16.0 Å². The van der Waals surface area contributed by atoms with Crippen LogP contribution in [0.2, 0.25) is 0 Å². The fourth-order valence-corrected chi connectivity index (χ4v) is 5.04. The molecule has 0 N–H and O–H groups in total. The molecule has 1 aliphatic heterocycles. The smallest absolute Gasteiger partial charge is 0.406 e. The van der Waals surface area contributed by atoms with Crippen LogP contribution in [-0.2, 0) is 6.42 Å². The van der Waals surface area contributed by atoms with E-state index in [-0.39, 0.29) is 5.75 Å². The summed E-state index contributed by atoms with van der Waals surface area (Å²) in [6, 6.07) is 18.7. The first-order valence-corrected chi connectivity index (χ1v) is 10.5. The molecule has 0 spiro atoms. The maximum Gasteiger partial charge on any atom is 0.573 e. The van der Waals surface area contributed by atoms with Gasteiger partial charge in [-0.15, -0.1) is 24.9 Å². The second-order valence-electron chi connectivity index (χ2n) is 7.03. The molecule has 0 aliphatic carbocycles. The van der Waals surface area contributed by atoms with Crippen molar-refractivity contribution in [3.05, 3.63) is 77.5 Å². The standard InChI is InChI=1S/C24H16F3NOS/c25-24(26,27)29-17-9-11-22-20(14-17)23-19(12-13-30-23)21(28-22)10-8-16-6-3-5-15-4-1-2-7-18(15)16/h1-11,14H,12-13H2/b10-8+. The van der Waals surface area contributed by atoms with Crippen LogP contribution in [-0.4, -0.2) is 17.1 Å². The van der Waals surface area contributed by atoms with Crippen LogP contribution in [0.3, 0.4) is 0 Å². The second kappa shape index (κ2) is 7.36. The van der Waals surface area contributed by atoms with Gasteiger partial charge >= 0.3 is 6.36 Å². The molecule has 0 atom stereocenters. The molecule has 6 heteroatoms. The van der Waals surface area contributed by atoms with Crippen molar-refractivity contribution in [1.82, 2.24) is 4.98 Å². The van der Waals surface area contributed by atoms with E-state index in [1.54, 1.807) is 17.8 Å². The predicted molar refractivity (Wildman–Crippen MR) is 116 cm³/mol. The average Bonchev–Trinajstić information content (AvgIpc) is 3.21. The Bertz CT molecular complexity index is 1290. The number of halogens is 3. The minimum absolute atomic E-state index is 0.217. The number of ether oxygens (including phenoxy) is 1. The Kier molecular flexibility index (Phi) is 4.66. The zero-order chi connectivity index (χ0) is 20.7. The molecule has 5 rings (SSSR count). The minimum atomic E-state index is -4.71. The summed E-state index contributed by atoms with van der Waals surface area (Å²) < 4.78 is 41.9. The minimum Gasteiger partial charge on any atom is -0.406 e. The topological polar surface area (TPSA) is 22.1 Å². The van der Waals surface area contributed by atoms with Crippen molar-refractivity contribution in [2.45, 2.75) is 17.7 Å². The third-order valence-electron chi connectivity index (χ3n) is 5.11. The summed E-state index contributed by atoms with van der Waals surface area (Å²) in [5, 5.41) is 3.04. The summed E-state index contributed by atoms with van der Waals surface area (Å²) in [5.74, 6) is 0.667. The number of fused-ring (bicyclic) bond motifs is 4. The molecule has 0 bridgehead atoms. The van der Waals surface area contributed by atoms with E-state index in [9.17, 15) is 13.2 Å². The number of aromatic nitrogens is 1. The van der Waals surface area contributed by atoms with Gasteiger partial charge in [0.25, 0.3) is 0 Å². The summed E-state index contributed by atoms with van der Waals surface area (Å²) in [7, 11) is 0. The fraction of sp³-hybridized carbons (Fsp3) is 0.125. The maximum atomic E-state index is 12.6. The van der Waals surface area contributed by atoms with E-state index in [0.29, 0.717) is 10.9 Å². The Balaban J connectivity index is 1.58. The van der Waals surface area contributed by atoms with Gasteiger partial charge in [0.15, 0.2) is 0 Å². The molecule has 0 unspecified atom stereocenters. The molecule has 0 saturated heterocycles. The lowest BCUT2D eigenvalue weighted by molar-refractivity contribution is -0.274. The summed E-state index contributed by atoms with van der Waals surface area (Å²) >= 11 is 1.65. The first kappa shape index (κ1) is 19.0. The third-order valence-corrected chi connectivity index (χ3v) is 6.28. The summed E-state index contributed by atoms with van der Waals surface area (Å²) in [6.07, 6.45) is 0.189. The van der Waals surface area contributed by atoms with Crippen LogP contribution in [0.4, 0.5) is 13.2 Å². The van der Waals surface area contributed by atoms with Crippen LogP contribution in [0.5, 0.6) is 5.75 Å². The molecule has 150 valence electrons. The van der Waals surface area contributed by atoms with Crippen molar-refractivity contribution < 1.29 is 17.9 Å². The van der Waals surface area contributed by atoms with Gasteiger partial charge in [-0.25, -0.2) is 4.98 Å². The van der Waals surface area contributed by atoms with Crippen molar-refractivity contribution in [3.8, 4) is 5.75 Å². The van der Waals surface area contributed by atoms with Crippen molar-refractivity contribution in [3.63, 3.8) is 0 Å². The van der Waals surface area contributed by atoms with Crippen LogP contribution in [0.1, 0.15) is 16.8 Å². The highest BCUT2D eigenvalue weighted by Crippen LogP contribution is 2.40. The third kappa shape index (κ3) is 3.63. The molecule has 2 heterocycles. The van der Waals surface area contributed by atoms with E-state index in [1.807, 2.05) is 24.3 Å². The molecular weight excluding hydrogens is 407 g/mol. The van der Waals surface area contributed by atoms with E-state index in [0.717, 1.165) is 39.3 Å². The average molecular weight is 423 g/mol. The number of thioether (sulfide) groups is 1. The van der Waals surface area contributed by atoms with E-state index >= 15 is 0 Å². The number of hydrogen-bond donors (Lipinski definition) is 0. The van der Waals surface area contributed by atoms with Gasteiger partial charge in [-0.1, -0.05) is 48.5 Å². The molecule has 0 radical (unpaired) electrons. The number of hydrogen-bond acceptors (Lipinski definition) is 3. The molecule has 3 aromatic carbocycles. The van der Waals surface area contributed by atoms with E-state index in [4.69, 9.17) is 4.98 Å². The van der Waals surface area contributed by atoms with Crippen molar-refractivity contribution in [1.29, 1.82) is 0 Å². The molecule has 4 aromatic rings. The normalized spacial score (nSPS) is 14.0. The van der Waals surface area contributed by atoms with Crippen LogP contribution in [0, 0.1) is 0 Å². The number of pyridine rings is 1. The summed E-state index contributed by atoms with van der Waals surface area (Å²) in [6.45, 7) is 0. The molecule has 0 saturated carbocycles. The van der Waals surface area contributed by atoms with Gasteiger partial charge in [-0.05, 0) is 52.6 Å². The van der Waals surface area contributed by atoms with Crippen LogP contribution in [0.15, 0.2) is 65.6 Å². The Morgan fingerprint density at radius 2 is 1.77 bits per heavy atom. The molecular formula is C24H16F3NOS. The van der Waals surface area contributed by atoms with Crippen molar-refractivity contribution >= 4 is 45.6 Å². The highest BCUT2D eigenvalue weighted by molar-refractivity contribution is 7.99. The van der Waals surface area contributed by atoms with Crippen molar-refractivity contribution in [2.75, 3.05) is 5.75 Å². The lowest BCUT2D eigenvalue weighted by Crippen LogP contribution is -2.17. The Hall–Kier alpha value is -2.99. The highest BCUT2D eigenvalue weighted by atomic mass is 32.2. The van der Waals surface area contributed by atoms with Gasteiger partial charge in [-0.3, -0.25) is 0 Å². The van der Waals surface area contributed by atoms with Gasteiger partial charge < -0.3 is 4.74 Å². The van der Waals surface area contributed by atoms with Gasteiger partial charge in [0.05, 0.1) is 11.2 Å². The van der Waals surface area contributed by atoms with E-state index in [2.05, 4.69) is 35.1 Å². The number of benzene rings is 3. The number of rotatable bonds is 3. The van der Waals surface area contributed by atoms with E-state index in [1.165, 1.54) is 17.5 Å². The Morgan fingerprint density at radius 3 is 2.63 bits per heavy atom. The number of alkyl halides is 3. The van der Waals surface area contributed by atoms with E-state index < -0.39 is 6.36 Å². The quantitative estimate of drug-likeness (QED) is 0.351. The molecule has 0 fully saturated rings. The lowest BCUT2D eigenvalue weighted by Gasteiger charge is -2.12. The van der Waals surface area contributed by atoms with Crippen molar-refractivity contribution in [2.24, 2.45) is 0 Å². The zero-order valence-corrected chi connectivity index (χ0v) is 16.6. The molecule has 30 heavy (non-hydrogen) atoms. The number of nitrogens with zero attached hydrogens (tertiary/aromatic N) is 1. The molecule has 1 aliphatic rings. The Morgan fingerprint density at radius 1 is 0.933 bits per heavy atom. The first-order valence-electron chi connectivity index (χ1n) is 9.49. The van der Waals surface area contributed by atoms with Crippen LogP contribution in [0.25, 0.3) is 33.8 Å². The molecule has 1 aromatic heterocycles. The maximum absolute atomic E-state index is 12.6. The van der Waals surface area contributed by atoms with Gasteiger partial charge in [0.2, 0.25) is 0 Å². The van der Waals surface area contributed by atoms with Gasteiger partial charge in [0.1, 0.15) is 5.75 Å². The molecule has 0 amide bonds. The highest BCUT2D eigenvalue weighted by Gasteiger charge is 2.31. The molecule has 2 nitrogen and oxygen atoms in total. The SMILES string of the molecule is FC(F)(F)Oc1ccc2nc(/C=C/c3cccc4ccccc34)c3c(c2c1)SCC3. The monoisotopic (exact) mass is 423 g/mol. The second-order valence-corrected chi connectivity index (χ2v) is 8.14.